The molecule has 0 saturated carbocycles. The zero-order valence-corrected chi connectivity index (χ0v) is 18.1. The summed E-state index contributed by atoms with van der Waals surface area (Å²) in [6, 6.07) is 22.7. The maximum Gasteiger partial charge on any atom is 0.264 e. The lowest BCUT2D eigenvalue weighted by atomic mass is 10.0. The van der Waals surface area contributed by atoms with Crippen molar-refractivity contribution < 1.29 is 17.9 Å². The van der Waals surface area contributed by atoms with Crippen LogP contribution in [-0.4, -0.2) is 34.5 Å². The molecule has 0 spiro atoms. The lowest BCUT2D eigenvalue weighted by Crippen LogP contribution is -2.45. The van der Waals surface area contributed by atoms with Gasteiger partial charge in [-0.2, -0.15) is 0 Å². The van der Waals surface area contributed by atoms with E-state index in [0.29, 0.717) is 18.0 Å². The first-order valence-electron chi connectivity index (χ1n) is 10.1. The molecule has 1 aliphatic heterocycles. The average molecular weight is 437 g/mol. The van der Waals surface area contributed by atoms with E-state index in [1.807, 2.05) is 24.3 Å². The van der Waals surface area contributed by atoms with E-state index < -0.39 is 10.0 Å². The number of para-hydroxylation sites is 3. The van der Waals surface area contributed by atoms with Gasteiger partial charge in [0, 0.05) is 12.2 Å². The van der Waals surface area contributed by atoms with Crippen molar-refractivity contribution in [1.29, 1.82) is 0 Å². The molecular formula is C24H24N2O4S. The van der Waals surface area contributed by atoms with Gasteiger partial charge in [-0.3, -0.25) is 9.10 Å². The molecule has 4 rings (SSSR count). The maximum atomic E-state index is 13.6. The molecule has 31 heavy (non-hydrogen) atoms. The Morgan fingerprint density at radius 2 is 1.65 bits per heavy atom. The number of carbonyl (C=O) groups excluding carboxylic acids is 1. The summed E-state index contributed by atoms with van der Waals surface area (Å²) in [5.41, 5.74) is 2.26. The topological polar surface area (TPSA) is 66.9 Å². The van der Waals surface area contributed by atoms with Crippen molar-refractivity contribution in [3.8, 4) is 5.75 Å². The molecule has 0 bridgehead atoms. The molecule has 0 aromatic heterocycles. The summed E-state index contributed by atoms with van der Waals surface area (Å²) in [6.45, 7) is 0.229. The van der Waals surface area contributed by atoms with E-state index in [0.717, 1.165) is 28.4 Å². The summed E-state index contributed by atoms with van der Waals surface area (Å²) in [5, 5.41) is 0. The molecule has 0 unspecified atom stereocenters. The second kappa shape index (κ2) is 8.81. The second-order valence-corrected chi connectivity index (χ2v) is 9.14. The summed E-state index contributed by atoms with van der Waals surface area (Å²) in [7, 11) is -2.51. The minimum Gasteiger partial charge on any atom is -0.495 e. The SMILES string of the molecule is COc1ccccc1N(CC(=O)N1CCCc2ccccc21)S(=O)(=O)c1ccccc1. The van der Waals surface area contributed by atoms with Crippen LogP contribution in [0.3, 0.4) is 0 Å². The molecule has 1 aliphatic rings. The van der Waals surface area contributed by atoms with Gasteiger partial charge in [0.15, 0.2) is 0 Å². The summed E-state index contributed by atoms with van der Waals surface area (Å²) in [4.78, 5) is 15.2. The lowest BCUT2D eigenvalue weighted by molar-refractivity contribution is -0.117. The monoisotopic (exact) mass is 436 g/mol. The van der Waals surface area contributed by atoms with Gasteiger partial charge in [-0.1, -0.05) is 48.5 Å². The number of benzene rings is 3. The zero-order chi connectivity index (χ0) is 21.8. The van der Waals surface area contributed by atoms with Crippen LogP contribution in [0.4, 0.5) is 11.4 Å². The molecule has 0 saturated heterocycles. The van der Waals surface area contributed by atoms with Crippen LogP contribution in [0.5, 0.6) is 5.75 Å². The normalized spacial score (nSPS) is 13.4. The van der Waals surface area contributed by atoms with Crippen LogP contribution in [0.1, 0.15) is 12.0 Å². The Labute approximate surface area is 182 Å². The van der Waals surface area contributed by atoms with Gasteiger partial charge in [0.25, 0.3) is 10.0 Å². The largest absolute Gasteiger partial charge is 0.495 e. The van der Waals surface area contributed by atoms with Gasteiger partial charge in [0.05, 0.1) is 17.7 Å². The Hall–Kier alpha value is -3.32. The van der Waals surface area contributed by atoms with Crippen molar-refractivity contribution in [1.82, 2.24) is 0 Å². The van der Waals surface area contributed by atoms with Gasteiger partial charge in [-0.15, -0.1) is 0 Å². The Kier molecular flexibility index (Phi) is 5.95. The smallest absolute Gasteiger partial charge is 0.264 e. The molecule has 160 valence electrons. The third kappa shape index (κ3) is 4.14. The third-order valence-corrected chi connectivity index (χ3v) is 7.15. The average Bonchev–Trinajstić information content (AvgIpc) is 2.82. The molecule has 7 heteroatoms. The minimum absolute atomic E-state index is 0.118. The Balaban J connectivity index is 1.75. The number of fused-ring (bicyclic) bond motifs is 1. The number of sulfonamides is 1. The summed E-state index contributed by atoms with van der Waals surface area (Å²) in [5.74, 6) is 0.103. The van der Waals surface area contributed by atoms with Crippen molar-refractivity contribution in [2.24, 2.45) is 0 Å². The van der Waals surface area contributed by atoms with Crippen molar-refractivity contribution in [3.05, 3.63) is 84.4 Å². The minimum atomic E-state index is -3.99. The van der Waals surface area contributed by atoms with Gasteiger partial charge in [0.1, 0.15) is 12.3 Å². The predicted molar refractivity (Wildman–Crippen MR) is 121 cm³/mol. The standard InChI is InChI=1S/C24H24N2O4S/c1-30-23-16-8-7-15-22(23)26(31(28,29)20-12-3-2-4-13-20)18-24(27)25-17-9-11-19-10-5-6-14-21(19)25/h2-8,10,12-16H,9,11,17-18H2,1H3. The summed E-state index contributed by atoms with van der Waals surface area (Å²) in [6.07, 6.45) is 1.74. The molecule has 6 nitrogen and oxygen atoms in total. The van der Waals surface area contributed by atoms with Crippen LogP contribution in [-0.2, 0) is 21.2 Å². The van der Waals surface area contributed by atoms with Crippen molar-refractivity contribution in [3.63, 3.8) is 0 Å². The molecular weight excluding hydrogens is 412 g/mol. The van der Waals surface area contributed by atoms with E-state index in [-0.39, 0.29) is 17.3 Å². The van der Waals surface area contributed by atoms with Crippen LogP contribution in [0.2, 0.25) is 0 Å². The highest BCUT2D eigenvalue weighted by atomic mass is 32.2. The number of aryl methyl sites for hydroxylation is 1. The number of ether oxygens (including phenoxy) is 1. The van der Waals surface area contributed by atoms with Gasteiger partial charge in [-0.25, -0.2) is 8.42 Å². The first kappa shape index (κ1) is 20.9. The number of rotatable bonds is 6. The van der Waals surface area contributed by atoms with Gasteiger partial charge in [-0.05, 0) is 48.7 Å². The molecule has 0 atom stereocenters. The molecule has 1 heterocycles. The number of methoxy groups -OCH3 is 1. The highest BCUT2D eigenvalue weighted by Gasteiger charge is 2.32. The fourth-order valence-corrected chi connectivity index (χ4v) is 5.30. The highest BCUT2D eigenvalue weighted by molar-refractivity contribution is 7.92. The van der Waals surface area contributed by atoms with E-state index in [1.165, 1.54) is 19.2 Å². The number of hydrogen-bond acceptors (Lipinski definition) is 4. The van der Waals surface area contributed by atoms with Crippen LogP contribution in [0.25, 0.3) is 0 Å². The van der Waals surface area contributed by atoms with Crippen LogP contribution < -0.4 is 13.9 Å². The Morgan fingerprint density at radius 1 is 0.968 bits per heavy atom. The van der Waals surface area contributed by atoms with Crippen LogP contribution in [0, 0.1) is 0 Å². The predicted octanol–water partition coefficient (Wildman–Crippen LogP) is 3.87. The number of nitrogens with zero attached hydrogens (tertiary/aromatic N) is 2. The summed E-state index contributed by atoms with van der Waals surface area (Å²) >= 11 is 0. The van der Waals surface area contributed by atoms with E-state index >= 15 is 0 Å². The second-order valence-electron chi connectivity index (χ2n) is 7.27. The molecule has 0 N–H and O–H groups in total. The number of amides is 1. The van der Waals surface area contributed by atoms with Crippen LogP contribution >= 0.6 is 0 Å². The number of anilines is 2. The van der Waals surface area contributed by atoms with Crippen molar-refractivity contribution >= 4 is 27.3 Å². The molecule has 0 fully saturated rings. The van der Waals surface area contributed by atoms with E-state index in [4.69, 9.17) is 4.74 Å². The fourth-order valence-electron chi connectivity index (χ4n) is 3.86. The third-order valence-electron chi connectivity index (χ3n) is 5.38. The van der Waals surface area contributed by atoms with E-state index in [1.54, 1.807) is 47.4 Å². The lowest BCUT2D eigenvalue weighted by Gasteiger charge is -2.32. The Bertz CT molecular complexity index is 1180. The quantitative estimate of drug-likeness (QED) is 0.588. The molecule has 3 aromatic rings. The first-order valence-corrected chi connectivity index (χ1v) is 11.6. The first-order chi connectivity index (χ1) is 15.0. The zero-order valence-electron chi connectivity index (χ0n) is 17.3. The fraction of sp³-hybridized carbons (Fsp3) is 0.208. The van der Waals surface area contributed by atoms with Gasteiger partial charge in [0.2, 0.25) is 5.91 Å². The van der Waals surface area contributed by atoms with Gasteiger partial charge < -0.3 is 9.64 Å². The maximum absolute atomic E-state index is 13.6. The number of hydrogen-bond donors (Lipinski definition) is 0. The Morgan fingerprint density at radius 3 is 2.42 bits per heavy atom. The molecule has 0 aliphatic carbocycles. The molecule has 1 amide bonds. The van der Waals surface area contributed by atoms with E-state index in [9.17, 15) is 13.2 Å². The highest BCUT2D eigenvalue weighted by Crippen LogP contribution is 2.33. The van der Waals surface area contributed by atoms with Crippen molar-refractivity contribution in [2.75, 3.05) is 29.4 Å². The van der Waals surface area contributed by atoms with Crippen molar-refractivity contribution in [2.45, 2.75) is 17.7 Å². The van der Waals surface area contributed by atoms with Crippen LogP contribution in [0.15, 0.2) is 83.8 Å². The number of carbonyl (C=O) groups is 1. The summed E-state index contributed by atoms with van der Waals surface area (Å²) < 4.78 is 33.7. The molecule has 0 radical (unpaired) electrons. The molecule has 3 aromatic carbocycles. The van der Waals surface area contributed by atoms with Gasteiger partial charge >= 0.3 is 0 Å². The van der Waals surface area contributed by atoms with E-state index in [2.05, 4.69) is 0 Å².